The van der Waals surface area contributed by atoms with Crippen LogP contribution in [0, 0.1) is 0 Å². The molecule has 3 aromatic carbocycles. The zero-order chi connectivity index (χ0) is 18.0. The van der Waals surface area contributed by atoms with Gasteiger partial charge in [-0.3, -0.25) is 0 Å². The number of carbonyl (C=O) groups is 1. The van der Waals surface area contributed by atoms with Crippen LogP contribution >= 0.6 is 0 Å². The highest BCUT2D eigenvalue weighted by molar-refractivity contribution is 5.74. The second-order valence-electron chi connectivity index (χ2n) is 5.90. The van der Waals surface area contributed by atoms with Crippen molar-refractivity contribution in [3.8, 4) is 5.75 Å². The lowest BCUT2D eigenvalue weighted by atomic mass is 10.1. The molecule has 0 saturated heterocycles. The van der Waals surface area contributed by atoms with Crippen LogP contribution in [-0.4, -0.2) is 12.6 Å². The number of carbonyl (C=O) groups excluding carboxylic acids is 1. The second-order valence-corrected chi connectivity index (χ2v) is 5.90. The summed E-state index contributed by atoms with van der Waals surface area (Å²) in [5.41, 5.74) is 2.05. The highest BCUT2D eigenvalue weighted by atomic mass is 16.5. The predicted molar refractivity (Wildman–Crippen MR) is 103 cm³/mol. The molecule has 0 aromatic heterocycles. The van der Waals surface area contributed by atoms with E-state index in [2.05, 4.69) is 10.6 Å². The van der Waals surface area contributed by atoms with Gasteiger partial charge in [0.1, 0.15) is 12.4 Å². The first kappa shape index (κ1) is 17.5. The van der Waals surface area contributed by atoms with Crippen LogP contribution in [0.1, 0.15) is 17.2 Å². The van der Waals surface area contributed by atoms with E-state index in [0.29, 0.717) is 13.2 Å². The number of amides is 2. The molecule has 26 heavy (non-hydrogen) atoms. The fourth-order valence-electron chi connectivity index (χ4n) is 2.59. The molecule has 2 amide bonds. The van der Waals surface area contributed by atoms with Crippen LogP contribution in [0.2, 0.25) is 0 Å². The van der Waals surface area contributed by atoms with Gasteiger partial charge in [-0.15, -0.1) is 0 Å². The van der Waals surface area contributed by atoms with Gasteiger partial charge < -0.3 is 15.4 Å². The molecule has 0 heterocycles. The molecule has 0 fully saturated rings. The van der Waals surface area contributed by atoms with E-state index in [1.807, 2.05) is 91.0 Å². The Morgan fingerprint density at radius 3 is 2.04 bits per heavy atom. The van der Waals surface area contributed by atoms with Gasteiger partial charge in [0.05, 0.1) is 6.04 Å². The third kappa shape index (κ3) is 5.38. The van der Waals surface area contributed by atoms with Crippen LogP contribution in [0.5, 0.6) is 5.75 Å². The summed E-state index contributed by atoms with van der Waals surface area (Å²) >= 11 is 0. The molecule has 0 saturated carbocycles. The van der Waals surface area contributed by atoms with Crippen molar-refractivity contribution in [2.24, 2.45) is 0 Å². The molecule has 0 aliphatic rings. The Kier molecular flexibility index (Phi) is 6.26. The number of para-hydroxylation sites is 1. The molecular weight excluding hydrogens is 324 g/mol. The molecule has 4 nitrogen and oxygen atoms in total. The smallest absolute Gasteiger partial charge is 0.315 e. The number of benzene rings is 3. The highest BCUT2D eigenvalue weighted by Crippen LogP contribution is 2.16. The predicted octanol–water partition coefficient (Wildman–Crippen LogP) is 4.31. The largest absolute Gasteiger partial charge is 0.491 e. The molecule has 1 unspecified atom stereocenters. The average Bonchev–Trinajstić information content (AvgIpc) is 2.72. The number of nitrogens with one attached hydrogen (secondary N) is 2. The number of hydrogen-bond acceptors (Lipinski definition) is 2. The summed E-state index contributed by atoms with van der Waals surface area (Å²) in [5.74, 6) is 0.778. The molecule has 0 aliphatic heterocycles. The minimum absolute atomic E-state index is 0.223. The zero-order valence-corrected chi connectivity index (χ0v) is 14.5. The first-order valence-corrected chi connectivity index (χ1v) is 8.62. The molecular formula is C22H22N2O2. The topological polar surface area (TPSA) is 50.4 Å². The molecule has 3 rings (SSSR count). The van der Waals surface area contributed by atoms with Gasteiger partial charge in [0.15, 0.2) is 0 Å². The first-order chi connectivity index (χ1) is 12.8. The minimum Gasteiger partial charge on any atom is -0.491 e. The summed E-state index contributed by atoms with van der Waals surface area (Å²) in [6.45, 7) is 0.834. The van der Waals surface area contributed by atoms with Gasteiger partial charge >= 0.3 is 6.03 Å². The molecule has 0 bridgehead atoms. The SMILES string of the molecule is O=C(NCc1ccccc1)NC(COc1ccccc1)c1ccccc1. The molecule has 132 valence electrons. The maximum absolute atomic E-state index is 12.3. The van der Waals surface area contributed by atoms with Crippen molar-refractivity contribution in [2.45, 2.75) is 12.6 Å². The van der Waals surface area contributed by atoms with Crippen molar-refractivity contribution in [1.29, 1.82) is 0 Å². The Morgan fingerprint density at radius 1 is 0.808 bits per heavy atom. The number of rotatable bonds is 7. The Bertz CT molecular complexity index is 792. The maximum Gasteiger partial charge on any atom is 0.315 e. The number of urea groups is 1. The van der Waals surface area contributed by atoms with E-state index in [4.69, 9.17) is 4.74 Å². The third-order valence-corrected chi connectivity index (χ3v) is 3.96. The fourth-order valence-corrected chi connectivity index (χ4v) is 2.59. The summed E-state index contributed by atoms with van der Waals surface area (Å²) in [4.78, 5) is 12.3. The van der Waals surface area contributed by atoms with Gasteiger partial charge in [-0.25, -0.2) is 4.79 Å². The standard InChI is InChI=1S/C22H22N2O2/c25-22(23-16-18-10-4-1-5-11-18)24-21(19-12-6-2-7-13-19)17-26-20-14-8-3-9-15-20/h1-15,21H,16-17H2,(H2,23,24,25). The number of hydrogen-bond donors (Lipinski definition) is 2. The molecule has 3 aromatic rings. The lowest BCUT2D eigenvalue weighted by Crippen LogP contribution is -2.39. The second kappa shape index (κ2) is 9.28. The molecule has 1 atom stereocenters. The number of ether oxygens (including phenoxy) is 1. The van der Waals surface area contributed by atoms with E-state index >= 15 is 0 Å². The van der Waals surface area contributed by atoms with Crippen molar-refractivity contribution in [2.75, 3.05) is 6.61 Å². The normalized spacial score (nSPS) is 11.4. The van der Waals surface area contributed by atoms with Gasteiger partial charge in [-0.1, -0.05) is 78.9 Å². The van der Waals surface area contributed by atoms with E-state index in [0.717, 1.165) is 16.9 Å². The Morgan fingerprint density at radius 2 is 1.38 bits per heavy atom. The van der Waals surface area contributed by atoms with Crippen LogP contribution in [0.25, 0.3) is 0 Å². The lowest BCUT2D eigenvalue weighted by molar-refractivity contribution is 0.223. The molecule has 0 aliphatic carbocycles. The monoisotopic (exact) mass is 346 g/mol. The van der Waals surface area contributed by atoms with Crippen molar-refractivity contribution >= 4 is 6.03 Å². The van der Waals surface area contributed by atoms with Crippen molar-refractivity contribution < 1.29 is 9.53 Å². The summed E-state index contributed by atoms with van der Waals surface area (Å²) in [6.07, 6.45) is 0. The van der Waals surface area contributed by atoms with Crippen molar-refractivity contribution in [1.82, 2.24) is 10.6 Å². The average molecular weight is 346 g/mol. The summed E-state index contributed by atoms with van der Waals surface area (Å²) in [6, 6.07) is 28.8. The Balaban J connectivity index is 1.60. The maximum atomic E-state index is 12.3. The van der Waals surface area contributed by atoms with E-state index in [9.17, 15) is 4.79 Å². The van der Waals surface area contributed by atoms with Gasteiger partial charge in [0, 0.05) is 6.54 Å². The Labute approximate surface area is 153 Å². The van der Waals surface area contributed by atoms with Crippen LogP contribution in [0.15, 0.2) is 91.0 Å². The van der Waals surface area contributed by atoms with Crippen LogP contribution in [-0.2, 0) is 6.54 Å². The van der Waals surface area contributed by atoms with Gasteiger partial charge in [-0.05, 0) is 23.3 Å². The highest BCUT2D eigenvalue weighted by Gasteiger charge is 2.15. The summed E-state index contributed by atoms with van der Waals surface area (Å²) < 4.78 is 5.84. The molecule has 4 heteroatoms. The zero-order valence-electron chi connectivity index (χ0n) is 14.5. The van der Waals surface area contributed by atoms with E-state index in [1.54, 1.807) is 0 Å². The van der Waals surface area contributed by atoms with Crippen molar-refractivity contribution in [3.05, 3.63) is 102 Å². The van der Waals surface area contributed by atoms with Gasteiger partial charge in [0.2, 0.25) is 0 Å². The fraction of sp³-hybridized carbons (Fsp3) is 0.136. The van der Waals surface area contributed by atoms with E-state index in [1.165, 1.54) is 0 Å². The minimum atomic E-state index is -0.243. The van der Waals surface area contributed by atoms with Gasteiger partial charge in [-0.2, -0.15) is 0 Å². The van der Waals surface area contributed by atoms with Crippen molar-refractivity contribution in [3.63, 3.8) is 0 Å². The van der Waals surface area contributed by atoms with E-state index < -0.39 is 0 Å². The van der Waals surface area contributed by atoms with Crippen LogP contribution in [0.3, 0.4) is 0 Å². The molecule has 0 radical (unpaired) electrons. The summed E-state index contributed by atoms with van der Waals surface area (Å²) in [7, 11) is 0. The summed E-state index contributed by atoms with van der Waals surface area (Å²) in [5, 5.41) is 5.89. The molecule has 2 N–H and O–H groups in total. The third-order valence-electron chi connectivity index (χ3n) is 3.96. The van der Waals surface area contributed by atoms with E-state index in [-0.39, 0.29) is 12.1 Å². The van der Waals surface area contributed by atoms with Crippen LogP contribution < -0.4 is 15.4 Å². The van der Waals surface area contributed by atoms with Gasteiger partial charge in [0.25, 0.3) is 0 Å². The quantitative estimate of drug-likeness (QED) is 0.670. The molecule has 0 spiro atoms. The Hall–Kier alpha value is -3.27. The first-order valence-electron chi connectivity index (χ1n) is 8.62. The van der Waals surface area contributed by atoms with Crippen LogP contribution in [0.4, 0.5) is 4.79 Å². The lowest BCUT2D eigenvalue weighted by Gasteiger charge is -2.20.